The fraction of sp³-hybridized carbons (Fsp3) is 0.148. The number of carbonyl (C=O) groups is 1. The van der Waals surface area contributed by atoms with E-state index in [-0.39, 0.29) is 11.7 Å². The summed E-state index contributed by atoms with van der Waals surface area (Å²) < 4.78 is 16.0. The van der Waals surface area contributed by atoms with Gasteiger partial charge in [0.2, 0.25) is 0 Å². The van der Waals surface area contributed by atoms with Gasteiger partial charge in [0.1, 0.15) is 5.82 Å². The predicted octanol–water partition coefficient (Wildman–Crippen LogP) is 5.59. The third-order valence-corrected chi connectivity index (χ3v) is 5.87. The number of hydrogen-bond acceptors (Lipinski definition) is 3. The fourth-order valence-electron chi connectivity index (χ4n) is 4.21. The molecule has 5 nitrogen and oxygen atoms in total. The number of rotatable bonds is 5. The molecule has 0 unspecified atom stereocenters. The monoisotopic (exact) mass is 438 g/mol. The first kappa shape index (κ1) is 20.8. The molecule has 0 aliphatic heterocycles. The van der Waals surface area contributed by atoms with Crippen molar-refractivity contribution in [3.05, 3.63) is 96.2 Å². The van der Waals surface area contributed by atoms with E-state index < -0.39 is 0 Å². The molecule has 0 N–H and O–H groups in total. The average Bonchev–Trinajstić information content (AvgIpc) is 3.25. The number of pyridine rings is 1. The molecule has 0 saturated carbocycles. The number of amides is 1. The zero-order valence-electron chi connectivity index (χ0n) is 18.5. The van der Waals surface area contributed by atoms with E-state index >= 15 is 0 Å². The summed E-state index contributed by atoms with van der Waals surface area (Å²) in [7, 11) is 1.86. The van der Waals surface area contributed by atoms with Gasteiger partial charge in [-0.15, -0.1) is 0 Å². The molecule has 5 aromatic rings. The number of aryl methyl sites for hydroxylation is 1. The molecule has 0 saturated heterocycles. The second-order valence-corrected chi connectivity index (χ2v) is 8.15. The molecule has 0 atom stereocenters. The van der Waals surface area contributed by atoms with Gasteiger partial charge in [-0.3, -0.25) is 14.5 Å². The van der Waals surface area contributed by atoms with Crippen LogP contribution in [0.2, 0.25) is 0 Å². The van der Waals surface area contributed by atoms with Crippen LogP contribution in [0.15, 0.2) is 79.3 Å². The first-order chi connectivity index (χ1) is 16.0. The van der Waals surface area contributed by atoms with Crippen LogP contribution in [-0.4, -0.2) is 32.1 Å². The Bertz CT molecular complexity index is 1490. The highest BCUT2D eigenvalue weighted by molar-refractivity contribution is 6.01. The highest BCUT2D eigenvalue weighted by atomic mass is 19.1. The quantitative estimate of drug-likeness (QED) is 0.359. The van der Waals surface area contributed by atoms with Crippen LogP contribution in [-0.2, 0) is 13.6 Å². The zero-order valence-corrected chi connectivity index (χ0v) is 18.5. The minimum Gasteiger partial charge on any atom is -0.334 e. The topological polar surface area (TPSA) is 51.0 Å². The summed E-state index contributed by atoms with van der Waals surface area (Å²) in [6.07, 6.45) is 5.42. The van der Waals surface area contributed by atoms with Gasteiger partial charge in [0.15, 0.2) is 0 Å². The number of benzene rings is 3. The predicted molar refractivity (Wildman–Crippen MR) is 128 cm³/mol. The van der Waals surface area contributed by atoms with Crippen LogP contribution in [0.25, 0.3) is 32.8 Å². The molecular formula is C27H23FN4O. The van der Waals surface area contributed by atoms with E-state index in [1.807, 2.05) is 62.6 Å². The minimum atomic E-state index is -0.292. The number of hydrogen-bond donors (Lipinski definition) is 0. The summed E-state index contributed by atoms with van der Waals surface area (Å²) >= 11 is 0. The number of carbonyl (C=O) groups excluding carboxylic acids is 1. The molecule has 0 fully saturated rings. The summed E-state index contributed by atoms with van der Waals surface area (Å²) in [5.74, 6) is -0.313. The van der Waals surface area contributed by atoms with Gasteiger partial charge in [-0.2, -0.15) is 5.10 Å². The van der Waals surface area contributed by atoms with E-state index in [9.17, 15) is 9.18 Å². The van der Waals surface area contributed by atoms with Crippen LogP contribution in [0.4, 0.5) is 4.39 Å². The summed E-state index contributed by atoms with van der Waals surface area (Å²) in [6, 6.07) is 18.3. The molecular weight excluding hydrogens is 415 g/mol. The van der Waals surface area contributed by atoms with Gasteiger partial charge in [0.05, 0.1) is 11.7 Å². The molecule has 0 spiro atoms. The first-order valence-corrected chi connectivity index (χ1v) is 10.9. The lowest BCUT2D eigenvalue weighted by molar-refractivity contribution is 0.0752. The Kier molecular flexibility index (Phi) is 5.34. The molecule has 164 valence electrons. The third kappa shape index (κ3) is 4.07. The molecule has 2 heterocycles. The van der Waals surface area contributed by atoms with Crippen molar-refractivity contribution >= 4 is 27.6 Å². The van der Waals surface area contributed by atoms with Crippen LogP contribution in [0, 0.1) is 5.82 Å². The Morgan fingerprint density at radius 3 is 2.64 bits per heavy atom. The molecule has 6 heteroatoms. The van der Waals surface area contributed by atoms with Gasteiger partial charge in [0.25, 0.3) is 5.91 Å². The lowest BCUT2D eigenvalue weighted by Gasteiger charge is -2.20. The van der Waals surface area contributed by atoms with Crippen molar-refractivity contribution < 1.29 is 9.18 Å². The highest BCUT2D eigenvalue weighted by Gasteiger charge is 2.16. The number of nitrogens with zero attached hydrogens (tertiary/aromatic N) is 4. The normalized spacial score (nSPS) is 11.2. The average molecular weight is 439 g/mol. The third-order valence-electron chi connectivity index (χ3n) is 5.87. The van der Waals surface area contributed by atoms with Crippen molar-refractivity contribution in [1.29, 1.82) is 0 Å². The van der Waals surface area contributed by atoms with Crippen molar-refractivity contribution in [2.75, 3.05) is 6.54 Å². The number of halogens is 1. The Morgan fingerprint density at radius 1 is 1.03 bits per heavy atom. The Labute approximate surface area is 191 Å². The maximum absolute atomic E-state index is 14.2. The van der Waals surface area contributed by atoms with Crippen LogP contribution < -0.4 is 0 Å². The Balaban J connectivity index is 1.48. The van der Waals surface area contributed by atoms with Crippen molar-refractivity contribution in [2.24, 2.45) is 7.05 Å². The standard InChI is InChI=1S/C27H23FN4O/c1-3-32(17-18-15-30-31(2)16-18)27(33)23-9-7-19-11-21(8-6-20(19)12-23)25-14-24(28)13-22-5-4-10-29-26(22)25/h4-16H,3,17H2,1-2H3. The van der Waals surface area contributed by atoms with E-state index in [1.54, 1.807) is 28.0 Å². The van der Waals surface area contributed by atoms with Gasteiger partial charge < -0.3 is 4.90 Å². The van der Waals surface area contributed by atoms with Gasteiger partial charge in [-0.25, -0.2) is 4.39 Å². The fourth-order valence-corrected chi connectivity index (χ4v) is 4.21. The Hall–Kier alpha value is -4.06. The molecule has 0 aliphatic rings. The van der Waals surface area contributed by atoms with Crippen molar-refractivity contribution in [2.45, 2.75) is 13.5 Å². The largest absolute Gasteiger partial charge is 0.334 e. The maximum atomic E-state index is 14.2. The van der Waals surface area contributed by atoms with Crippen LogP contribution in [0.3, 0.4) is 0 Å². The van der Waals surface area contributed by atoms with Crippen molar-refractivity contribution in [3.8, 4) is 11.1 Å². The summed E-state index contributed by atoms with van der Waals surface area (Å²) in [5, 5.41) is 6.88. The molecule has 0 radical (unpaired) electrons. The van der Waals surface area contributed by atoms with Crippen LogP contribution in [0.1, 0.15) is 22.8 Å². The Morgan fingerprint density at radius 2 is 1.85 bits per heavy atom. The highest BCUT2D eigenvalue weighted by Crippen LogP contribution is 2.31. The van der Waals surface area contributed by atoms with Crippen LogP contribution >= 0.6 is 0 Å². The molecule has 0 aliphatic carbocycles. The minimum absolute atomic E-state index is 0.0207. The molecule has 33 heavy (non-hydrogen) atoms. The van der Waals surface area contributed by atoms with Gasteiger partial charge >= 0.3 is 0 Å². The van der Waals surface area contributed by atoms with E-state index in [0.717, 1.165) is 38.4 Å². The van der Waals surface area contributed by atoms with E-state index in [0.29, 0.717) is 18.7 Å². The molecule has 1 amide bonds. The summed E-state index contributed by atoms with van der Waals surface area (Å²) in [5.41, 5.74) is 4.03. The molecule has 5 rings (SSSR count). The molecule has 3 aromatic carbocycles. The van der Waals surface area contributed by atoms with Crippen LogP contribution in [0.5, 0.6) is 0 Å². The van der Waals surface area contributed by atoms with Gasteiger partial charge in [-0.05, 0) is 59.7 Å². The number of fused-ring (bicyclic) bond motifs is 2. The lowest BCUT2D eigenvalue weighted by atomic mass is 9.97. The first-order valence-electron chi connectivity index (χ1n) is 10.9. The zero-order chi connectivity index (χ0) is 22.9. The van der Waals surface area contributed by atoms with E-state index in [4.69, 9.17) is 0 Å². The van der Waals surface area contributed by atoms with Crippen molar-refractivity contribution in [3.63, 3.8) is 0 Å². The van der Waals surface area contributed by atoms with Gasteiger partial charge in [0, 0.05) is 54.6 Å². The van der Waals surface area contributed by atoms with Crippen molar-refractivity contribution in [1.82, 2.24) is 19.7 Å². The maximum Gasteiger partial charge on any atom is 0.254 e. The SMILES string of the molecule is CCN(Cc1cnn(C)c1)C(=O)c1ccc2cc(-c3cc(F)cc4cccnc34)ccc2c1. The second-order valence-electron chi connectivity index (χ2n) is 8.15. The molecule has 0 bridgehead atoms. The van der Waals surface area contributed by atoms with E-state index in [1.165, 1.54) is 12.1 Å². The molecule has 2 aromatic heterocycles. The number of aromatic nitrogens is 3. The van der Waals surface area contributed by atoms with E-state index in [2.05, 4.69) is 10.1 Å². The lowest BCUT2D eigenvalue weighted by Crippen LogP contribution is -2.30. The second kappa shape index (κ2) is 8.47. The smallest absolute Gasteiger partial charge is 0.254 e. The summed E-state index contributed by atoms with van der Waals surface area (Å²) in [6.45, 7) is 3.09. The summed E-state index contributed by atoms with van der Waals surface area (Å²) in [4.78, 5) is 19.4. The van der Waals surface area contributed by atoms with Gasteiger partial charge in [-0.1, -0.05) is 24.3 Å².